The van der Waals surface area contributed by atoms with Crippen LogP contribution in [0.4, 0.5) is 4.79 Å². The van der Waals surface area contributed by atoms with Crippen molar-refractivity contribution in [2.45, 2.75) is 111 Å². The third kappa shape index (κ3) is 10.8. The molecule has 2 fully saturated rings. The SMILES string of the molecule is CN(C(=O)[C@@H](NC(=O)[C@H](CC1CCCC1)CN(C=O)OCc1ccccc1)C(C)(C)C)C1CCN(C(=O)OC(C)(C)C)CC1. The Labute approximate surface area is 263 Å². The summed E-state index contributed by atoms with van der Waals surface area (Å²) < 4.78 is 5.51. The Bertz CT molecular complexity index is 1090. The molecule has 0 bridgehead atoms. The molecule has 10 heteroatoms. The molecule has 3 rings (SSSR count). The van der Waals surface area contributed by atoms with E-state index in [0.717, 1.165) is 31.2 Å². The van der Waals surface area contributed by atoms with Crippen molar-refractivity contribution in [3.63, 3.8) is 0 Å². The van der Waals surface area contributed by atoms with Crippen molar-refractivity contribution in [1.29, 1.82) is 0 Å². The number of ether oxygens (including phenoxy) is 1. The molecule has 1 aliphatic heterocycles. The average Bonchev–Trinajstić information content (AvgIpc) is 3.49. The number of hydroxylamine groups is 2. The second kappa shape index (κ2) is 15.7. The first kappa shape index (κ1) is 35.3. The fraction of sp³-hybridized carbons (Fsp3) is 0.706. The van der Waals surface area contributed by atoms with Gasteiger partial charge in [0.05, 0.1) is 12.5 Å². The van der Waals surface area contributed by atoms with Gasteiger partial charge in [0.15, 0.2) is 0 Å². The van der Waals surface area contributed by atoms with E-state index in [0.29, 0.717) is 44.7 Å². The van der Waals surface area contributed by atoms with Crippen LogP contribution in [0.25, 0.3) is 0 Å². The highest BCUT2D eigenvalue weighted by atomic mass is 16.7. The number of hydrogen-bond acceptors (Lipinski definition) is 6. The zero-order valence-corrected chi connectivity index (χ0v) is 27.8. The monoisotopic (exact) mass is 614 g/mol. The lowest BCUT2D eigenvalue weighted by molar-refractivity contribution is -0.182. The van der Waals surface area contributed by atoms with Gasteiger partial charge in [-0.25, -0.2) is 9.86 Å². The molecule has 0 aromatic heterocycles. The van der Waals surface area contributed by atoms with Crippen molar-refractivity contribution >= 4 is 24.3 Å². The number of amides is 4. The van der Waals surface area contributed by atoms with Gasteiger partial charge in [0, 0.05) is 26.2 Å². The second-order valence-corrected chi connectivity index (χ2v) is 14.5. The van der Waals surface area contributed by atoms with Gasteiger partial charge >= 0.3 is 6.09 Å². The van der Waals surface area contributed by atoms with Crippen LogP contribution in [-0.4, -0.2) is 83.5 Å². The summed E-state index contributed by atoms with van der Waals surface area (Å²) in [6.45, 7) is 12.7. The van der Waals surface area contributed by atoms with Crippen LogP contribution >= 0.6 is 0 Å². The Kier molecular flexibility index (Phi) is 12.6. The van der Waals surface area contributed by atoms with E-state index in [4.69, 9.17) is 9.57 Å². The van der Waals surface area contributed by atoms with E-state index in [1.807, 2.05) is 71.9 Å². The Morgan fingerprint density at radius 2 is 1.61 bits per heavy atom. The average molecular weight is 615 g/mol. The van der Waals surface area contributed by atoms with E-state index < -0.39 is 23.0 Å². The minimum absolute atomic E-state index is 0.0610. The van der Waals surface area contributed by atoms with E-state index in [1.165, 1.54) is 5.06 Å². The van der Waals surface area contributed by atoms with Gasteiger partial charge in [0.1, 0.15) is 18.2 Å². The molecule has 0 spiro atoms. The minimum atomic E-state index is -0.759. The number of benzene rings is 1. The maximum atomic E-state index is 13.9. The van der Waals surface area contributed by atoms with Crippen LogP contribution in [0.15, 0.2) is 30.3 Å². The molecule has 1 saturated heterocycles. The number of likely N-dealkylation sites (tertiary alicyclic amines) is 1. The molecule has 2 aliphatic rings. The molecule has 1 saturated carbocycles. The summed E-state index contributed by atoms with van der Waals surface area (Å²) in [5.74, 6) is -0.517. The van der Waals surface area contributed by atoms with Crippen LogP contribution < -0.4 is 5.32 Å². The Balaban J connectivity index is 1.67. The lowest BCUT2D eigenvalue weighted by atomic mass is 9.84. The number of likely N-dealkylation sites (N-methyl/N-ethyl adjacent to an activating group) is 1. The van der Waals surface area contributed by atoms with Crippen molar-refractivity contribution in [1.82, 2.24) is 20.2 Å². The lowest BCUT2D eigenvalue weighted by Crippen LogP contribution is -2.58. The molecule has 0 radical (unpaired) electrons. The summed E-state index contributed by atoms with van der Waals surface area (Å²) >= 11 is 0. The van der Waals surface area contributed by atoms with Crippen molar-refractivity contribution < 1.29 is 28.8 Å². The van der Waals surface area contributed by atoms with Crippen LogP contribution in [0.5, 0.6) is 0 Å². The summed E-state index contributed by atoms with van der Waals surface area (Å²) in [5.41, 5.74) is -0.190. The van der Waals surface area contributed by atoms with Crippen LogP contribution in [0.1, 0.15) is 92.1 Å². The van der Waals surface area contributed by atoms with E-state index in [1.54, 1.807) is 16.8 Å². The van der Waals surface area contributed by atoms with Crippen molar-refractivity contribution in [2.75, 3.05) is 26.7 Å². The fourth-order valence-corrected chi connectivity index (χ4v) is 6.04. The van der Waals surface area contributed by atoms with Crippen LogP contribution in [0.2, 0.25) is 0 Å². The molecule has 10 nitrogen and oxygen atoms in total. The number of hydrogen-bond donors (Lipinski definition) is 1. The molecule has 246 valence electrons. The van der Waals surface area contributed by atoms with Gasteiger partial charge in [-0.1, -0.05) is 76.8 Å². The third-order valence-electron chi connectivity index (χ3n) is 8.63. The highest BCUT2D eigenvalue weighted by molar-refractivity contribution is 5.89. The molecule has 0 unspecified atom stereocenters. The number of rotatable bonds is 12. The van der Waals surface area contributed by atoms with Gasteiger partial charge in [-0.15, -0.1) is 0 Å². The molecule has 1 aliphatic carbocycles. The van der Waals surface area contributed by atoms with Gasteiger partial charge in [0.2, 0.25) is 18.2 Å². The molecule has 1 aromatic carbocycles. The lowest BCUT2D eigenvalue weighted by Gasteiger charge is -2.40. The van der Waals surface area contributed by atoms with E-state index in [-0.39, 0.29) is 37.1 Å². The number of nitrogens with zero attached hydrogens (tertiary/aromatic N) is 3. The summed E-state index contributed by atoms with van der Waals surface area (Å²) in [7, 11) is 1.78. The first-order chi connectivity index (χ1) is 20.7. The van der Waals surface area contributed by atoms with Gasteiger partial charge < -0.3 is 19.9 Å². The smallest absolute Gasteiger partial charge is 0.410 e. The number of carbonyl (C=O) groups is 4. The van der Waals surface area contributed by atoms with Crippen LogP contribution in [-0.2, 0) is 30.6 Å². The summed E-state index contributed by atoms with van der Waals surface area (Å²) in [4.78, 5) is 61.6. The first-order valence-electron chi connectivity index (χ1n) is 16.1. The second-order valence-electron chi connectivity index (χ2n) is 14.5. The molecule has 1 N–H and O–H groups in total. The first-order valence-corrected chi connectivity index (χ1v) is 16.1. The van der Waals surface area contributed by atoms with Crippen LogP contribution in [0, 0.1) is 17.3 Å². The standard InChI is InChI=1S/C34H54N4O6/c1-33(2,3)29(31(41)36(7)28-17-19-37(20-18-28)32(42)44-34(4,5)6)35-30(40)27(21-25-13-11-12-14-25)22-38(24-39)43-23-26-15-9-8-10-16-26/h8-10,15-16,24-25,27-29H,11-14,17-23H2,1-7H3,(H,35,40)/t27-,29-/m1/s1. The van der Waals surface area contributed by atoms with E-state index >= 15 is 0 Å². The highest BCUT2D eigenvalue weighted by Crippen LogP contribution is 2.32. The number of piperidine rings is 1. The Morgan fingerprint density at radius 3 is 2.16 bits per heavy atom. The molecular formula is C34H54N4O6. The largest absolute Gasteiger partial charge is 0.444 e. The Morgan fingerprint density at radius 1 is 1.00 bits per heavy atom. The van der Waals surface area contributed by atoms with E-state index in [2.05, 4.69) is 5.32 Å². The number of nitrogens with one attached hydrogen (secondary N) is 1. The Hall–Kier alpha value is -3.14. The molecule has 1 aromatic rings. The maximum absolute atomic E-state index is 13.9. The van der Waals surface area contributed by atoms with Crippen molar-refractivity contribution in [3.05, 3.63) is 35.9 Å². The molecule has 2 atom stereocenters. The fourth-order valence-electron chi connectivity index (χ4n) is 6.04. The zero-order valence-electron chi connectivity index (χ0n) is 27.8. The molecule has 4 amide bonds. The van der Waals surface area contributed by atoms with Crippen molar-refractivity contribution in [3.8, 4) is 0 Å². The topological polar surface area (TPSA) is 108 Å². The number of carbonyl (C=O) groups excluding carboxylic acids is 4. The normalized spacial score (nSPS) is 17.9. The van der Waals surface area contributed by atoms with Gasteiger partial charge in [0.25, 0.3) is 0 Å². The third-order valence-corrected chi connectivity index (χ3v) is 8.63. The summed E-state index contributed by atoms with van der Waals surface area (Å²) in [6.07, 6.45) is 6.58. The zero-order chi connectivity index (χ0) is 32.5. The van der Waals surface area contributed by atoms with E-state index in [9.17, 15) is 19.2 Å². The molecule has 1 heterocycles. The van der Waals surface area contributed by atoms with Gasteiger partial charge in [-0.3, -0.25) is 19.2 Å². The minimum Gasteiger partial charge on any atom is -0.444 e. The predicted molar refractivity (Wildman–Crippen MR) is 169 cm³/mol. The maximum Gasteiger partial charge on any atom is 0.410 e. The van der Waals surface area contributed by atoms with Crippen molar-refractivity contribution in [2.24, 2.45) is 17.3 Å². The quantitative estimate of drug-likeness (QED) is 0.257. The summed E-state index contributed by atoms with van der Waals surface area (Å²) in [6, 6.07) is 8.75. The predicted octanol–water partition coefficient (Wildman–Crippen LogP) is 5.16. The van der Waals surface area contributed by atoms with Crippen LogP contribution in [0.3, 0.4) is 0 Å². The molecular weight excluding hydrogens is 560 g/mol. The van der Waals surface area contributed by atoms with Gasteiger partial charge in [-0.2, -0.15) is 0 Å². The van der Waals surface area contributed by atoms with Gasteiger partial charge in [-0.05, 0) is 56.9 Å². The highest BCUT2D eigenvalue weighted by Gasteiger charge is 2.39. The molecule has 44 heavy (non-hydrogen) atoms. The summed E-state index contributed by atoms with van der Waals surface area (Å²) in [5, 5.41) is 4.31.